The van der Waals surface area contributed by atoms with Crippen LogP contribution in [-0.4, -0.2) is 47.3 Å². The zero-order valence-corrected chi connectivity index (χ0v) is 14.6. The van der Waals surface area contributed by atoms with Crippen LogP contribution >= 0.6 is 0 Å². The van der Waals surface area contributed by atoms with Crippen molar-refractivity contribution in [1.29, 1.82) is 0 Å². The van der Waals surface area contributed by atoms with Crippen LogP contribution in [-0.2, 0) is 4.79 Å². The number of hydrogen-bond donors (Lipinski definition) is 0. The molecule has 2 amide bonds. The summed E-state index contributed by atoms with van der Waals surface area (Å²) >= 11 is 0. The van der Waals surface area contributed by atoms with Crippen LogP contribution in [0.3, 0.4) is 0 Å². The fourth-order valence-corrected chi connectivity index (χ4v) is 2.54. The van der Waals surface area contributed by atoms with Crippen LogP contribution in [0.5, 0.6) is 0 Å². The van der Waals surface area contributed by atoms with Gasteiger partial charge in [-0.3, -0.25) is 9.59 Å². The molecule has 0 spiro atoms. The second kappa shape index (κ2) is 8.01. The van der Waals surface area contributed by atoms with Gasteiger partial charge in [-0.05, 0) is 47.6 Å². The summed E-state index contributed by atoms with van der Waals surface area (Å²) < 4.78 is 5.44. The highest BCUT2D eigenvalue weighted by Crippen LogP contribution is 2.17. The molecule has 1 aromatic rings. The van der Waals surface area contributed by atoms with Crippen LogP contribution in [0.25, 0.3) is 0 Å². The third-order valence-electron chi connectivity index (χ3n) is 3.84. The van der Waals surface area contributed by atoms with Crippen LogP contribution in [0.2, 0.25) is 0 Å². The van der Waals surface area contributed by atoms with Crippen LogP contribution in [0, 0.1) is 13.8 Å². The van der Waals surface area contributed by atoms with Gasteiger partial charge in [0.15, 0.2) is 0 Å². The Hall–Kier alpha value is -1.78. The molecule has 0 aromatic carbocycles. The summed E-state index contributed by atoms with van der Waals surface area (Å²) in [5.74, 6) is 1.37. The molecule has 0 radical (unpaired) electrons. The Labute approximate surface area is 133 Å². The first kappa shape index (κ1) is 18.3. The second-order valence-electron chi connectivity index (χ2n) is 5.74. The van der Waals surface area contributed by atoms with Gasteiger partial charge in [0.05, 0.1) is 5.56 Å². The Morgan fingerprint density at radius 3 is 2.18 bits per heavy atom. The Bertz CT molecular complexity index is 516. The van der Waals surface area contributed by atoms with E-state index in [-0.39, 0.29) is 17.9 Å². The molecule has 1 heterocycles. The van der Waals surface area contributed by atoms with Crippen molar-refractivity contribution in [2.24, 2.45) is 0 Å². The van der Waals surface area contributed by atoms with Crippen molar-refractivity contribution in [3.63, 3.8) is 0 Å². The second-order valence-corrected chi connectivity index (χ2v) is 5.74. The molecule has 0 aliphatic heterocycles. The number of rotatable bonds is 7. The molecule has 5 nitrogen and oxygen atoms in total. The minimum Gasteiger partial charge on any atom is -0.466 e. The lowest BCUT2D eigenvalue weighted by Gasteiger charge is -2.27. The van der Waals surface area contributed by atoms with Gasteiger partial charge in [-0.25, -0.2) is 0 Å². The minimum atomic E-state index is -0.0725. The van der Waals surface area contributed by atoms with Crippen molar-refractivity contribution in [3.05, 3.63) is 23.2 Å². The molecule has 0 saturated heterocycles. The van der Waals surface area contributed by atoms with Crippen molar-refractivity contribution in [3.8, 4) is 0 Å². The lowest BCUT2D eigenvalue weighted by Crippen LogP contribution is -2.40. The Morgan fingerprint density at radius 1 is 1.18 bits per heavy atom. The van der Waals surface area contributed by atoms with Gasteiger partial charge in [0.25, 0.3) is 5.91 Å². The molecule has 124 valence electrons. The van der Waals surface area contributed by atoms with E-state index >= 15 is 0 Å². The SMILES string of the molecule is CCN(CC)C(=O)CCN(C(=O)c1cc(C)oc1C)C(C)C. The Morgan fingerprint density at radius 2 is 1.77 bits per heavy atom. The molecule has 0 atom stereocenters. The average Bonchev–Trinajstić information content (AvgIpc) is 2.78. The zero-order valence-electron chi connectivity index (χ0n) is 14.6. The summed E-state index contributed by atoms with van der Waals surface area (Å²) in [6, 6.07) is 1.80. The third-order valence-corrected chi connectivity index (χ3v) is 3.84. The maximum atomic E-state index is 12.7. The topological polar surface area (TPSA) is 53.8 Å². The molecule has 0 fully saturated rings. The molecule has 1 aromatic heterocycles. The third kappa shape index (κ3) is 4.36. The highest BCUT2D eigenvalue weighted by atomic mass is 16.3. The first-order chi connectivity index (χ1) is 10.3. The van der Waals surface area contributed by atoms with E-state index < -0.39 is 0 Å². The largest absolute Gasteiger partial charge is 0.466 e. The fourth-order valence-electron chi connectivity index (χ4n) is 2.54. The maximum Gasteiger partial charge on any atom is 0.257 e. The number of carbonyl (C=O) groups is 2. The van der Waals surface area contributed by atoms with Crippen molar-refractivity contribution < 1.29 is 14.0 Å². The first-order valence-corrected chi connectivity index (χ1v) is 7.97. The minimum absolute atomic E-state index is 0.0339. The van der Waals surface area contributed by atoms with E-state index in [0.717, 1.165) is 5.76 Å². The van der Waals surface area contributed by atoms with Gasteiger partial charge >= 0.3 is 0 Å². The van der Waals surface area contributed by atoms with Gasteiger partial charge in [0, 0.05) is 32.1 Å². The number of furan rings is 1. The van der Waals surface area contributed by atoms with E-state index in [1.165, 1.54) is 0 Å². The molecule has 0 aliphatic rings. The molecule has 22 heavy (non-hydrogen) atoms. The summed E-state index contributed by atoms with van der Waals surface area (Å²) in [4.78, 5) is 28.3. The Kier molecular flexibility index (Phi) is 6.65. The molecule has 1 rings (SSSR count). The van der Waals surface area contributed by atoms with E-state index in [4.69, 9.17) is 4.42 Å². The fraction of sp³-hybridized carbons (Fsp3) is 0.647. The zero-order chi connectivity index (χ0) is 16.9. The lowest BCUT2D eigenvalue weighted by molar-refractivity contribution is -0.131. The summed E-state index contributed by atoms with van der Waals surface area (Å²) in [6.45, 7) is 13.3. The quantitative estimate of drug-likeness (QED) is 0.778. The van der Waals surface area contributed by atoms with Crippen molar-refractivity contribution in [1.82, 2.24) is 9.80 Å². The predicted octanol–water partition coefficient (Wildman–Crippen LogP) is 3.01. The molecule has 0 aliphatic carbocycles. The van der Waals surface area contributed by atoms with Gasteiger partial charge in [-0.2, -0.15) is 0 Å². The molecular weight excluding hydrogens is 280 g/mol. The van der Waals surface area contributed by atoms with Gasteiger partial charge in [-0.1, -0.05) is 0 Å². The van der Waals surface area contributed by atoms with Crippen molar-refractivity contribution >= 4 is 11.8 Å². The Balaban J connectivity index is 2.80. The monoisotopic (exact) mass is 308 g/mol. The smallest absolute Gasteiger partial charge is 0.257 e. The molecular formula is C17H28N2O3. The predicted molar refractivity (Wildman–Crippen MR) is 86.9 cm³/mol. The van der Waals surface area contributed by atoms with E-state index in [2.05, 4.69) is 0 Å². The van der Waals surface area contributed by atoms with Crippen LogP contribution in [0.15, 0.2) is 10.5 Å². The molecule has 5 heteroatoms. The highest BCUT2D eigenvalue weighted by molar-refractivity contribution is 5.95. The number of hydrogen-bond acceptors (Lipinski definition) is 3. The number of nitrogens with zero attached hydrogens (tertiary/aromatic N) is 2. The van der Waals surface area contributed by atoms with Gasteiger partial charge in [0.2, 0.25) is 5.91 Å². The van der Waals surface area contributed by atoms with Gasteiger partial charge in [0.1, 0.15) is 11.5 Å². The maximum absolute atomic E-state index is 12.7. The van der Waals surface area contributed by atoms with Crippen LogP contribution in [0.4, 0.5) is 0 Å². The molecule has 0 bridgehead atoms. The molecule has 0 saturated carbocycles. The summed E-state index contributed by atoms with van der Waals surface area (Å²) in [7, 11) is 0. The number of aryl methyl sites for hydroxylation is 2. The molecule has 0 N–H and O–H groups in total. The van der Waals surface area contributed by atoms with Crippen molar-refractivity contribution in [2.75, 3.05) is 19.6 Å². The van der Waals surface area contributed by atoms with Gasteiger partial charge in [-0.15, -0.1) is 0 Å². The normalized spacial score (nSPS) is 10.9. The van der Waals surface area contributed by atoms with Crippen molar-refractivity contribution in [2.45, 2.75) is 54.0 Å². The van der Waals surface area contributed by atoms with Crippen LogP contribution in [0.1, 0.15) is 56.0 Å². The lowest BCUT2D eigenvalue weighted by atomic mass is 10.1. The standard InChI is InChI=1S/C17H28N2O3/c1-7-18(8-2)16(20)9-10-19(12(3)4)17(21)15-11-13(5)22-14(15)6/h11-12H,7-10H2,1-6H3. The molecule has 0 unspecified atom stereocenters. The highest BCUT2D eigenvalue weighted by Gasteiger charge is 2.23. The van der Waals surface area contributed by atoms with Crippen LogP contribution < -0.4 is 0 Å². The van der Waals surface area contributed by atoms with Gasteiger partial charge < -0.3 is 14.2 Å². The number of carbonyl (C=O) groups excluding carboxylic acids is 2. The summed E-state index contributed by atoms with van der Waals surface area (Å²) in [5.41, 5.74) is 0.585. The van der Waals surface area contributed by atoms with E-state index in [0.29, 0.717) is 37.4 Å². The summed E-state index contributed by atoms with van der Waals surface area (Å²) in [5, 5.41) is 0. The summed E-state index contributed by atoms with van der Waals surface area (Å²) in [6.07, 6.45) is 0.349. The van der Waals surface area contributed by atoms with E-state index in [9.17, 15) is 9.59 Å². The average molecular weight is 308 g/mol. The van der Waals surface area contributed by atoms with E-state index in [1.54, 1.807) is 22.8 Å². The van der Waals surface area contributed by atoms with E-state index in [1.807, 2.05) is 34.6 Å². The number of amides is 2. The first-order valence-electron chi connectivity index (χ1n) is 7.97.